The third-order valence-corrected chi connectivity index (χ3v) is 6.32. The Bertz CT molecular complexity index is 906. The van der Waals surface area contributed by atoms with Crippen LogP contribution in [0.15, 0.2) is 47.1 Å². The highest BCUT2D eigenvalue weighted by Gasteiger charge is 2.32. The molecule has 32 heavy (non-hydrogen) atoms. The Hall–Kier alpha value is -2.49. The van der Waals surface area contributed by atoms with Gasteiger partial charge in [0.2, 0.25) is 0 Å². The van der Waals surface area contributed by atoms with Crippen LogP contribution in [0.3, 0.4) is 0 Å². The van der Waals surface area contributed by atoms with Crippen molar-refractivity contribution in [1.29, 1.82) is 0 Å². The number of carbonyl (C=O) groups is 1. The van der Waals surface area contributed by atoms with Gasteiger partial charge in [0.25, 0.3) is 0 Å². The van der Waals surface area contributed by atoms with E-state index in [1.165, 1.54) is 11.1 Å². The quantitative estimate of drug-likeness (QED) is 0.296. The Balaban J connectivity index is 1.80. The van der Waals surface area contributed by atoms with E-state index in [-0.39, 0.29) is 11.5 Å². The highest BCUT2D eigenvalue weighted by Crippen LogP contribution is 2.39. The monoisotopic (exact) mass is 440 g/mol. The molecule has 0 bridgehead atoms. The normalized spacial score (nSPS) is 20.5. The molecule has 0 spiro atoms. The summed E-state index contributed by atoms with van der Waals surface area (Å²) in [5.41, 5.74) is 5.06. The summed E-state index contributed by atoms with van der Waals surface area (Å²) >= 11 is 0. The molecule has 1 aromatic rings. The molecule has 1 aliphatic rings. The second kappa shape index (κ2) is 11.4. The molecule has 1 unspecified atom stereocenters. The minimum Gasteiger partial charge on any atom is -0.508 e. The van der Waals surface area contributed by atoms with E-state index in [0.717, 1.165) is 61.8 Å². The first kappa shape index (κ1) is 25.8. The smallest absolute Gasteiger partial charge is 0.330 e. The lowest BCUT2D eigenvalue weighted by Gasteiger charge is -2.36. The molecule has 0 saturated carbocycles. The minimum atomic E-state index is -0.842. The summed E-state index contributed by atoms with van der Waals surface area (Å²) in [6.07, 6.45) is 13.2. The number of carboxylic acid groups (broad SMARTS) is 1. The zero-order valence-corrected chi connectivity index (χ0v) is 20.6. The first-order valence-electron chi connectivity index (χ1n) is 11.7. The van der Waals surface area contributed by atoms with Crippen molar-refractivity contribution < 1.29 is 19.7 Å². The molecule has 1 aliphatic heterocycles. The fraction of sp³-hybridized carbons (Fsp3) is 0.536. The molecule has 1 heterocycles. The molecule has 0 aromatic heterocycles. The fourth-order valence-electron chi connectivity index (χ4n) is 4.45. The maximum absolute atomic E-state index is 11.0. The van der Waals surface area contributed by atoms with Crippen molar-refractivity contribution >= 4 is 5.97 Å². The molecular weight excluding hydrogens is 400 g/mol. The molecule has 0 aliphatic carbocycles. The number of aliphatic carboxylic acids is 1. The van der Waals surface area contributed by atoms with Crippen LogP contribution >= 0.6 is 0 Å². The molecule has 4 nitrogen and oxygen atoms in total. The predicted molar refractivity (Wildman–Crippen MR) is 131 cm³/mol. The van der Waals surface area contributed by atoms with E-state index in [1.54, 1.807) is 13.0 Å². The van der Waals surface area contributed by atoms with Crippen molar-refractivity contribution in [2.24, 2.45) is 5.92 Å². The number of aryl methyl sites for hydroxylation is 2. The largest absolute Gasteiger partial charge is 0.508 e. The Morgan fingerprint density at radius 1 is 1.19 bits per heavy atom. The van der Waals surface area contributed by atoms with Crippen molar-refractivity contribution in [3.05, 3.63) is 58.2 Å². The maximum atomic E-state index is 11.0. The van der Waals surface area contributed by atoms with Gasteiger partial charge in [-0.15, -0.1) is 0 Å². The summed E-state index contributed by atoms with van der Waals surface area (Å²) in [5.74, 6) is 0.649. The van der Waals surface area contributed by atoms with E-state index in [1.807, 2.05) is 19.1 Å². The van der Waals surface area contributed by atoms with E-state index in [9.17, 15) is 9.90 Å². The van der Waals surface area contributed by atoms with Crippen molar-refractivity contribution in [2.45, 2.75) is 92.1 Å². The van der Waals surface area contributed by atoms with Gasteiger partial charge >= 0.3 is 5.97 Å². The highest BCUT2D eigenvalue weighted by atomic mass is 16.5. The molecule has 176 valence electrons. The van der Waals surface area contributed by atoms with Crippen molar-refractivity contribution in [3.8, 4) is 11.5 Å². The highest BCUT2D eigenvalue weighted by molar-refractivity contribution is 5.85. The first-order valence-corrected chi connectivity index (χ1v) is 11.7. The van der Waals surface area contributed by atoms with Crippen LogP contribution in [-0.2, 0) is 11.2 Å². The van der Waals surface area contributed by atoms with E-state index >= 15 is 0 Å². The lowest BCUT2D eigenvalue weighted by atomic mass is 9.87. The fourth-order valence-corrected chi connectivity index (χ4v) is 4.45. The van der Waals surface area contributed by atoms with Gasteiger partial charge < -0.3 is 14.9 Å². The van der Waals surface area contributed by atoms with E-state index in [2.05, 4.69) is 39.8 Å². The predicted octanol–water partition coefficient (Wildman–Crippen LogP) is 7.29. The van der Waals surface area contributed by atoms with Crippen LogP contribution in [-0.4, -0.2) is 21.8 Å². The summed E-state index contributed by atoms with van der Waals surface area (Å²) in [5, 5.41) is 18.8. The second-order valence-corrected chi connectivity index (χ2v) is 9.82. The SMILES string of the molecule is C/C(=C\CC[C@]1(C)CCc2cc(O)cc(C)c2O1)CC/C=C(\C)CC(C)/C=C(\C)C(=O)O. The Labute approximate surface area is 193 Å². The van der Waals surface area contributed by atoms with Gasteiger partial charge in [0.15, 0.2) is 0 Å². The number of phenols is 1. The average molecular weight is 441 g/mol. The molecule has 1 aromatic carbocycles. The van der Waals surface area contributed by atoms with Gasteiger partial charge in [-0.1, -0.05) is 36.3 Å². The third-order valence-electron chi connectivity index (χ3n) is 6.32. The number of aromatic hydroxyl groups is 1. The van der Waals surface area contributed by atoms with Gasteiger partial charge in [-0.25, -0.2) is 4.79 Å². The van der Waals surface area contributed by atoms with Gasteiger partial charge in [-0.05, 0) is 109 Å². The van der Waals surface area contributed by atoms with Crippen LogP contribution in [0.4, 0.5) is 0 Å². The van der Waals surface area contributed by atoms with Crippen molar-refractivity contribution in [1.82, 2.24) is 0 Å². The Kier molecular flexibility index (Phi) is 9.18. The molecule has 0 saturated heterocycles. The van der Waals surface area contributed by atoms with Crippen LogP contribution in [0.2, 0.25) is 0 Å². The number of benzene rings is 1. The van der Waals surface area contributed by atoms with Gasteiger partial charge in [0.1, 0.15) is 17.1 Å². The molecule has 0 radical (unpaired) electrons. The van der Waals surface area contributed by atoms with Crippen molar-refractivity contribution in [3.63, 3.8) is 0 Å². The number of hydrogen-bond donors (Lipinski definition) is 2. The molecule has 2 N–H and O–H groups in total. The third kappa shape index (κ3) is 7.89. The van der Waals surface area contributed by atoms with Crippen LogP contribution in [0, 0.1) is 12.8 Å². The van der Waals surface area contributed by atoms with Crippen LogP contribution in [0.1, 0.15) is 84.3 Å². The van der Waals surface area contributed by atoms with Gasteiger partial charge in [0.05, 0.1) is 0 Å². The lowest BCUT2D eigenvalue weighted by Crippen LogP contribution is -2.36. The van der Waals surface area contributed by atoms with Gasteiger partial charge in [-0.2, -0.15) is 0 Å². The zero-order chi connectivity index (χ0) is 23.9. The van der Waals surface area contributed by atoms with E-state index in [4.69, 9.17) is 9.84 Å². The average Bonchev–Trinajstić information content (AvgIpc) is 2.68. The summed E-state index contributed by atoms with van der Waals surface area (Å²) in [6, 6.07) is 3.60. The number of rotatable bonds is 10. The summed E-state index contributed by atoms with van der Waals surface area (Å²) in [7, 11) is 0. The van der Waals surface area contributed by atoms with E-state index in [0.29, 0.717) is 11.3 Å². The zero-order valence-electron chi connectivity index (χ0n) is 20.6. The number of carboxylic acids is 1. The van der Waals surface area contributed by atoms with Gasteiger partial charge in [0, 0.05) is 5.57 Å². The van der Waals surface area contributed by atoms with Crippen molar-refractivity contribution in [2.75, 3.05) is 0 Å². The van der Waals surface area contributed by atoms with Crippen LogP contribution in [0.5, 0.6) is 11.5 Å². The van der Waals surface area contributed by atoms with Crippen LogP contribution in [0.25, 0.3) is 0 Å². The summed E-state index contributed by atoms with van der Waals surface area (Å²) < 4.78 is 6.39. The number of hydrogen-bond acceptors (Lipinski definition) is 3. The Morgan fingerprint density at radius 3 is 2.56 bits per heavy atom. The topological polar surface area (TPSA) is 66.8 Å². The number of phenolic OH excluding ortho intramolecular Hbond substituents is 1. The molecule has 4 heteroatoms. The minimum absolute atomic E-state index is 0.167. The molecule has 2 atom stereocenters. The number of allylic oxidation sites excluding steroid dienone is 5. The summed E-state index contributed by atoms with van der Waals surface area (Å²) in [4.78, 5) is 11.0. The maximum Gasteiger partial charge on any atom is 0.330 e. The second-order valence-electron chi connectivity index (χ2n) is 9.82. The number of ether oxygens (including phenoxy) is 1. The number of fused-ring (bicyclic) bond motifs is 1. The van der Waals surface area contributed by atoms with Gasteiger partial charge in [-0.3, -0.25) is 0 Å². The molecular formula is C28H40O4. The molecule has 2 rings (SSSR count). The Morgan fingerprint density at radius 2 is 1.88 bits per heavy atom. The van der Waals surface area contributed by atoms with E-state index < -0.39 is 5.97 Å². The standard InChI is InChI=1S/C28H40O4/c1-19(9-7-10-20(2)15-21(3)16-23(5)27(30)31)11-8-13-28(6)14-12-24-18-25(29)17-22(4)26(24)32-28/h10-11,16-18,21,29H,7-9,12-15H2,1-6H3,(H,30,31)/b19-11+,20-10+,23-16+/t21?,28-/m1/s1. The summed E-state index contributed by atoms with van der Waals surface area (Å²) in [6.45, 7) is 12.2. The lowest BCUT2D eigenvalue weighted by molar-refractivity contribution is -0.132. The molecule has 0 fully saturated rings. The van der Waals surface area contributed by atoms with Crippen LogP contribution < -0.4 is 4.74 Å². The molecule has 0 amide bonds. The first-order chi connectivity index (χ1) is 15.0.